The fourth-order valence-electron chi connectivity index (χ4n) is 2.71. The quantitative estimate of drug-likeness (QED) is 0.820. The molecule has 0 bridgehead atoms. The molecule has 2 rings (SSSR count). The van der Waals surface area contributed by atoms with E-state index in [1.54, 1.807) is 0 Å². The molecule has 1 heterocycles. The number of hydrogen-bond donors (Lipinski definition) is 1. The molecule has 0 unspecified atom stereocenters. The summed E-state index contributed by atoms with van der Waals surface area (Å²) in [6, 6.07) is 1.46. The van der Waals surface area contributed by atoms with Gasteiger partial charge in [0.25, 0.3) is 0 Å². The molecule has 1 N–H and O–H groups in total. The van der Waals surface area contributed by atoms with Crippen LogP contribution in [-0.2, 0) is 0 Å². The van der Waals surface area contributed by atoms with E-state index in [-0.39, 0.29) is 36.4 Å². The van der Waals surface area contributed by atoms with Crippen LogP contribution in [0.25, 0.3) is 0 Å². The fraction of sp³-hybridized carbons (Fsp3) is 0.600. The van der Waals surface area contributed by atoms with Crippen molar-refractivity contribution in [1.82, 2.24) is 10.2 Å². The SMILES string of the molecule is CC(C)C[C@@H](c1cc(F)c(F)cc1F)N1CCNCC1.Cl.Cl. The van der Waals surface area contributed by atoms with E-state index in [9.17, 15) is 13.2 Å². The molecule has 0 amide bonds. The lowest BCUT2D eigenvalue weighted by atomic mass is 9.94. The molecule has 128 valence electrons. The van der Waals surface area contributed by atoms with Crippen LogP contribution < -0.4 is 5.32 Å². The summed E-state index contributed by atoms with van der Waals surface area (Å²) in [5.74, 6) is -2.42. The predicted molar refractivity (Wildman–Crippen MR) is 87.5 cm³/mol. The molecule has 1 fully saturated rings. The molecular formula is C15H23Cl2F3N2. The standard InChI is InChI=1S/C15H21F3N2.2ClH/c1-10(2)7-15(20-5-3-19-4-6-20)11-8-13(17)14(18)9-12(11)16;;/h8-10,15,19H,3-7H2,1-2H3;2*1H/t15-;;/m0../s1. The van der Waals surface area contributed by atoms with Gasteiger partial charge in [-0.25, -0.2) is 13.2 Å². The Morgan fingerprint density at radius 2 is 1.55 bits per heavy atom. The number of nitrogens with one attached hydrogen (secondary N) is 1. The van der Waals surface area contributed by atoms with Gasteiger partial charge < -0.3 is 5.32 Å². The minimum absolute atomic E-state index is 0. The van der Waals surface area contributed by atoms with E-state index in [4.69, 9.17) is 0 Å². The van der Waals surface area contributed by atoms with Crippen LogP contribution in [0.2, 0.25) is 0 Å². The molecule has 1 saturated heterocycles. The number of rotatable bonds is 4. The highest BCUT2D eigenvalue weighted by Gasteiger charge is 2.26. The lowest BCUT2D eigenvalue weighted by molar-refractivity contribution is 0.150. The Balaban J connectivity index is 0.00000220. The van der Waals surface area contributed by atoms with Gasteiger partial charge in [-0.05, 0) is 18.4 Å². The molecule has 1 aliphatic rings. The molecule has 0 aromatic heterocycles. The number of hydrogen-bond acceptors (Lipinski definition) is 2. The highest BCUT2D eigenvalue weighted by Crippen LogP contribution is 2.31. The zero-order chi connectivity index (χ0) is 14.7. The van der Waals surface area contributed by atoms with Crippen molar-refractivity contribution in [3.05, 3.63) is 35.1 Å². The molecular weight excluding hydrogens is 336 g/mol. The maximum Gasteiger partial charge on any atom is 0.161 e. The highest BCUT2D eigenvalue weighted by atomic mass is 35.5. The van der Waals surface area contributed by atoms with Crippen molar-refractivity contribution in [1.29, 1.82) is 0 Å². The lowest BCUT2D eigenvalue weighted by Crippen LogP contribution is -2.45. The van der Waals surface area contributed by atoms with Crippen LogP contribution in [0.1, 0.15) is 31.9 Å². The fourth-order valence-corrected chi connectivity index (χ4v) is 2.71. The first-order chi connectivity index (χ1) is 9.49. The minimum Gasteiger partial charge on any atom is -0.314 e. The predicted octanol–water partition coefficient (Wildman–Crippen LogP) is 3.94. The molecule has 0 spiro atoms. The average molecular weight is 359 g/mol. The Morgan fingerprint density at radius 3 is 2.09 bits per heavy atom. The van der Waals surface area contributed by atoms with Gasteiger partial charge in [0.1, 0.15) is 5.82 Å². The Hall–Kier alpha value is -0.490. The summed E-state index contributed by atoms with van der Waals surface area (Å²) in [7, 11) is 0. The second-order valence-electron chi connectivity index (χ2n) is 5.72. The summed E-state index contributed by atoms with van der Waals surface area (Å²) in [5, 5.41) is 3.24. The van der Waals surface area contributed by atoms with Gasteiger partial charge >= 0.3 is 0 Å². The summed E-state index contributed by atoms with van der Waals surface area (Å²) in [6.07, 6.45) is 0.724. The van der Waals surface area contributed by atoms with Gasteiger partial charge in [0, 0.05) is 43.9 Å². The zero-order valence-electron chi connectivity index (χ0n) is 12.7. The summed E-state index contributed by atoms with van der Waals surface area (Å²) in [6.45, 7) is 7.34. The van der Waals surface area contributed by atoms with Crippen LogP contribution in [0.5, 0.6) is 0 Å². The van der Waals surface area contributed by atoms with Gasteiger partial charge in [-0.3, -0.25) is 4.90 Å². The van der Waals surface area contributed by atoms with Crippen LogP contribution in [0.4, 0.5) is 13.2 Å². The molecule has 1 aromatic rings. The number of halogens is 5. The van der Waals surface area contributed by atoms with E-state index >= 15 is 0 Å². The maximum absolute atomic E-state index is 14.0. The normalized spacial score (nSPS) is 16.8. The van der Waals surface area contributed by atoms with E-state index in [2.05, 4.69) is 10.2 Å². The Morgan fingerprint density at radius 1 is 1.00 bits per heavy atom. The smallest absolute Gasteiger partial charge is 0.161 e. The van der Waals surface area contributed by atoms with Gasteiger partial charge in [0.2, 0.25) is 0 Å². The maximum atomic E-state index is 14.0. The van der Waals surface area contributed by atoms with Crippen LogP contribution >= 0.6 is 24.8 Å². The molecule has 1 aliphatic heterocycles. The second-order valence-corrected chi connectivity index (χ2v) is 5.72. The molecule has 2 nitrogen and oxygen atoms in total. The third-order valence-electron chi connectivity index (χ3n) is 3.69. The van der Waals surface area contributed by atoms with Gasteiger partial charge in [0.05, 0.1) is 0 Å². The molecule has 0 saturated carbocycles. The highest BCUT2D eigenvalue weighted by molar-refractivity contribution is 5.85. The van der Waals surface area contributed by atoms with Gasteiger partial charge in [-0.15, -0.1) is 24.8 Å². The summed E-state index contributed by atoms with van der Waals surface area (Å²) in [4.78, 5) is 2.15. The van der Waals surface area contributed by atoms with E-state index in [1.807, 2.05) is 13.8 Å². The molecule has 0 aliphatic carbocycles. The van der Waals surface area contributed by atoms with Crippen LogP contribution in [-0.4, -0.2) is 31.1 Å². The largest absolute Gasteiger partial charge is 0.314 e. The molecule has 7 heteroatoms. The summed E-state index contributed by atoms with van der Waals surface area (Å²) in [5.41, 5.74) is 0.263. The third kappa shape index (κ3) is 5.30. The number of benzene rings is 1. The monoisotopic (exact) mass is 358 g/mol. The Bertz CT molecular complexity index is 466. The summed E-state index contributed by atoms with van der Waals surface area (Å²) >= 11 is 0. The molecule has 1 atom stereocenters. The topological polar surface area (TPSA) is 15.3 Å². The lowest BCUT2D eigenvalue weighted by Gasteiger charge is -2.36. The van der Waals surface area contributed by atoms with Gasteiger partial charge in [-0.2, -0.15) is 0 Å². The van der Waals surface area contributed by atoms with Crippen molar-refractivity contribution in [2.45, 2.75) is 26.3 Å². The molecule has 1 aromatic carbocycles. The third-order valence-corrected chi connectivity index (χ3v) is 3.69. The number of nitrogens with zero attached hydrogens (tertiary/aromatic N) is 1. The molecule has 0 radical (unpaired) electrons. The van der Waals surface area contributed by atoms with Crippen molar-refractivity contribution in [3.8, 4) is 0 Å². The molecule has 22 heavy (non-hydrogen) atoms. The summed E-state index contributed by atoms with van der Waals surface area (Å²) < 4.78 is 40.6. The van der Waals surface area contributed by atoms with Crippen molar-refractivity contribution in [2.75, 3.05) is 26.2 Å². The van der Waals surface area contributed by atoms with E-state index in [0.717, 1.165) is 38.7 Å². The van der Waals surface area contributed by atoms with E-state index in [0.29, 0.717) is 12.0 Å². The number of piperazine rings is 1. The van der Waals surface area contributed by atoms with Crippen LogP contribution in [0, 0.1) is 23.4 Å². The second kappa shape index (κ2) is 9.60. The first-order valence-corrected chi connectivity index (χ1v) is 7.08. The van der Waals surface area contributed by atoms with E-state index < -0.39 is 17.5 Å². The Labute approximate surface area is 142 Å². The van der Waals surface area contributed by atoms with Crippen molar-refractivity contribution in [3.63, 3.8) is 0 Å². The zero-order valence-corrected chi connectivity index (χ0v) is 14.4. The van der Waals surface area contributed by atoms with Gasteiger partial charge in [-0.1, -0.05) is 13.8 Å². The first-order valence-electron chi connectivity index (χ1n) is 7.08. The minimum atomic E-state index is -1.13. The van der Waals surface area contributed by atoms with Crippen LogP contribution in [0.3, 0.4) is 0 Å². The van der Waals surface area contributed by atoms with Gasteiger partial charge in [0.15, 0.2) is 11.6 Å². The Kier molecular flexibility index (Phi) is 9.39. The van der Waals surface area contributed by atoms with Crippen molar-refractivity contribution < 1.29 is 13.2 Å². The average Bonchev–Trinajstić information content (AvgIpc) is 2.41. The van der Waals surface area contributed by atoms with Crippen LogP contribution in [0.15, 0.2) is 12.1 Å². The van der Waals surface area contributed by atoms with Crippen molar-refractivity contribution in [2.24, 2.45) is 5.92 Å². The van der Waals surface area contributed by atoms with Crippen molar-refractivity contribution >= 4 is 24.8 Å². The first kappa shape index (κ1) is 21.5. The van der Waals surface area contributed by atoms with E-state index in [1.165, 1.54) is 0 Å².